The molecule has 0 aliphatic carbocycles. The van der Waals surface area contributed by atoms with Crippen LogP contribution in [0.2, 0.25) is 5.02 Å². The van der Waals surface area contributed by atoms with E-state index in [0.717, 1.165) is 5.56 Å². The molecule has 0 fully saturated rings. The third-order valence-corrected chi connectivity index (χ3v) is 2.99. The van der Waals surface area contributed by atoms with Crippen LogP contribution in [0.1, 0.15) is 0 Å². The molecule has 5 heteroatoms. The van der Waals surface area contributed by atoms with Gasteiger partial charge < -0.3 is 0 Å². The molecule has 0 radical (unpaired) electrons. The van der Waals surface area contributed by atoms with Crippen LogP contribution < -0.4 is 0 Å². The smallest absolute Gasteiger partial charge is 0.208 e. The first-order chi connectivity index (χ1) is 9.72. The van der Waals surface area contributed by atoms with Gasteiger partial charge in [0.2, 0.25) is 0 Å². The lowest BCUT2D eigenvalue weighted by molar-refractivity contribution is 0.536. The topological polar surface area (TPSA) is 38.7 Å². The van der Waals surface area contributed by atoms with E-state index < -0.39 is 6.08 Å². The number of rotatable bonds is 2. The molecule has 0 bridgehead atoms. The van der Waals surface area contributed by atoms with Gasteiger partial charge in [-0.1, -0.05) is 41.9 Å². The first kappa shape index (κ1) is 12.7. The Labute approximate surface area is 120 Å². The highest BCUT2D eigenvalue weighted by atomic mass is 35.5. The Hall–Kier alpha value is -2.33. The van der Waals surface area contributed by atoms with Gasteiger partial charge in [-0.3, -0.25) is 0 Å². The second-order valence-electron chi connectivity index (χ2n) is 4.12. The van der Waals surface area contributed by atoms with Crippen molar-refractivity contribution in [2.45, 2.75) is 0 Å². The first-order valence-electron chi connectivity index (χ1n) is 5.95. The van der Waals surface area contributed by atoms with Gasteiger partial charge in [-0.05, 0) is 24.3 Å². The maximum absolute atomic E-state index is 13.6. The third kappa shape index (κ3) is 2.65. The summed E-state index contributed by atoms with van der Waals surface area (Å²) in [4.78, 5) is 11.8. The van der Waals surface area contributed by atoms with Gasteiger partial charge in [0.25, 0.3) is 0 Å². The van der Waals surface area contributed by atoms with Crippen LogP contribution >= 0.6 is 11.6 Å². The van der Waals surface area contributed by atoms with E-state index in [1.54, 1.807) is 24.3 Å². The number of aromatic nitrogens is 3. The van der Waals surface area contributed by atoms with Gasteiger partial charge in [0.1, 0.15) is 0 Å². The van der Waals surface area contributed by atoms with Crippen molar-refractivity contribution in [3.8, 4) is 22.8 Å². The molecule has 3 nitrogen and oxygen atoms in total. The molecule has 0 N–H and O–H groups in total. The van der Waals surface area contributed by atoms with Gasteiger partial charge in [0.15, 0.2) is 11.6 Å². The van der Waals surface area contributed by atoms with E-state index in [0.29, 0.717) is 16.4 Å². The lowest BCUT2D eigenvalue weighted by Gasteiger charge is -2.04. The third-order valence-electron chi connectivity index (χ3n) is 2.74. The highest BCUT2D eigenvalue weighted by Gasteiger charge is 2.09. The molecular formula is C15H9ClFN3. The fourth-order valence-corrected chi connectivity index (χ4v) is 1.92. The zero-order valence-electron chi connectivity index (χ0n) is 10.3. The van der Waals surface area contributed by atoms with Crippen molar-refractivity contribution in [2.75, 3.05) is 0 Å². The Morgan fingerprint density at radius 2 is 1.25 bits per heavy atom. The van der Waals surface area contributed by atoms with Crippen LogP contribution in [0.5, 0.6) is 0 Å². The van der Waals surface area contributed by atoms with Crippen molar-refractivity contribution in [3.63, 3.8) is 0 Å². The summed E-state index contributed by atoms with van der Waals surface area (Å²) in [6.07, 6.45) is -0.802. The summed E-state index contributed by atoms with van der Waals surface area (Å²) in [6.45, 7) is 0. The Bertz CT molecular complexity index is 730. The molecular weight excluding hydrogens is 277 g/mol. The van der Waals surface area contributed by atoms with Crippen LogP contribution in [-0.4, -0.2) is 15.0 Å². The normalized spacial score (nSPS) is 10.5. The number of halogens is 2. The molecule has 0 atom stereocenters. The maximum atomic E-state index is 13.6. The maximum Gasteiger partial charge on any atom is 0.312 e. The monoisotopic (exact) mass is 285 g/mol. The molecule has 0 aliphatic heterocycles. The van der Waals surface area contributed by atoms with Crippen molar-refractivity contribution in [1.82, 2.24) is 15.0 Å². The highest BCUT2D eigenvalue weighted by Crippen LogP contribution is 2.21. The Morgan fingerprint density at radius 3 is 1.85 bits per heavy atom. The van der Waals surface area contributed by atoms with Gasteiger partial charge in [-0.25, -0.2) is 4.98 Å². The van der Waals surface area contributed by atoms with E-state index in [1.807, 2.05) is 30.3 Å². The predicted octanol–water partition coefficient (Wildman–Crippen LogP) is 4.00. The van der Waals surface area contributed by atoms with Crippen LogP contribution in [0.25, 0.3) is 22.8 Å². The van der Waals surface area contributed by atoms with Crippen molar-refractivity contribution < 1.29 is 4.39 Å². The van der Waals surface area contributed by atoms with Crippen LogP contribution in [0.3, 0.4) is 0 Å². The molecule has 0 amide bonds. The highest BCUT2D eigenvalue weighted by molar-refractivity contribution is 6.30. The van der Waals surface area contributed by atoms with Crippen LogP contribution in [0.4, 0.5) is 4.39 Å². The number of benzene rings is 2. The summed E-state index contributed by atoms with van der Waals surface area (Å²) >= 11 is 5.83. The lowest BCUT2D eigenvalue weighted by atomic mass is 10.2. The van der Waals surface area contributed by atoms with Crippen molar-refractivity contribution in [1.29, 1.82) is 0 Å². The van der Waals surface area contributed by atoms with E-state index in [4.69, 9.17) is 11.6 Å². The van der Waals surface area contributed by atoms with Crippen molar-refractivity contribution in [3.05, 3.63) is 65.7 Å². The second kappa shape index (κ2) is 5.35. The minimum Gasteiger partial charge on any atom is -0.208 e. The molecule has 3 aromatic rings. The van der Waals surface area contributed by atoms with E-state index in [2.05, 4.69) is 15.0 Å². The first-order valence-corrected chi connectivity index (χ1v) is 6.33. The molecule has 0 aliphatic rings. The van der Waals surface area contributed by atoms with Gasteiger partial charge >= 0.3 is 6.08 Å². The zero-order chi connectivity index (χ0) is 13.9. The van der Waals surface area contributed by atoms with Crippen LogP contribution in [0, 0.1) is 6.08 Å². The molecule has 20 heavy (non-hydrogen) atoms. The van der Waals surface area contributed by atoms with E-state index in [1.165, 1.54) is 0 Å². The summed E-state index contributed by atoms with van der Waals surface area (Å²) in [5.74, 6) is 0.594. The van der Waals surface area contributed by atoms with E-state index in [-0.39, 0.29) is 5.82 Å². The summed E-state index contributed by atoms with van der Waals surface area (Å²) in [7, 11) is 0. The minimum absolute atomic E-state index is 0.285. The summed E-state index contributed by atoms with van der Waals surface area (Å²) in [6, 6.07) is 16.1. The quantitative estimate of drug-likeness (QED) is 0.714. The predicted molar refractivity (Wildman–Crippen MR) is 75.7 cm³/mol. The minimum atomic E-state index is -0.802. The molecule has 1 aromatic heterocycles. The molecule has 0 saturated carbocycles. The Kier molecular flexibility index (Phi) is 3.39. The Balaban J connectivity index is 2.09. The number of nitrogens with zero attached hydrogens (tertiary/aromatic N) is 3. The number of hydrogen-bond acceptors (Lipinski definition) is 3. The van der Waals surface area contributed by atoms with Gasteiger partial charge in [0.05, 0.1) is 0 Å². The molecule has 98 valence electrons. The van der Waals surface area contributed by atoms with Gasteiger partial charge in [0, 0.05) is 16.1 Å². The molecule has 0 saturated heterocycles. The fourth-order valence-electron chi connectivity index (χ4n) is 1.79. The molecule has 1 heterocycles. The van der Waals surface area contributed by atoms with E-state index in [9.17, 15) is 4.39 Å². The average molecular weight is 286 g/mol. The molecule has 0 spiro atoms. The Morgan fingerprint density at radius 1 is 0.700 bits per heavy atom. The summed E-state index contributed by atoms with van der Waals surface area (Å²) < 4.78 is 13.6. The summed E-state index contributed by atoms with van der Waals surface area (Å²) in [5, 5.41) is 0.603. The number of hydrogen-bond donors (Lipinski definition) is 0. The molecule has 2 aromatic carbocycles. The van der Waals surface area contributed by atoms with Crippen molar-refractivity contribution in [2.24, 2.45) is 0 Å². The average Bonchev–Trinajstić information content (AvgIpc) is 2.48. The standard InChI is InChI=1S/C15H9ClFN3/c16-12-8-6-11(7-9-12)14-18-13(19-15(17)20-14)10-4-2-1-3-5-10/h1-9H. The SMILES string of the molecule is Fc1nc(-c2ccccc2)nc(-c2ccc(Cl)cc2)n1. The fraction of sp³-hybridized carbons (Fsp3) is 0. The van der Waals surface area contributed by atoms with Gasteiger partial charge in [-0.15, -0.1) is 0 Å². The largest absolute Gasteiger partial charge is 0.312 e. The molecule has 0 unspecified atom stereocenters. The second-order valence-corrected chi connectivity index (χ2v) is 4.56. The molecule has 3 rings (SSSR count). The van der Waals surface area contributed by atoms with Gasteiger partial charge in [-0.2, -0.15) is 14.4 Å². The zero-order valence-corrected chi connectivity index (χ0v) is 11.0. The van der Waals surface area contributed by atoms with Crippen molar-refractivity contribution >= 4 is 11.6 Å². The lowest BCUT2D eigenvalue weighted by Crippen LogP contribution is -2.00. The van der Waals surface area contributed by atoms with Crippen LogP contribution in [-0.2, 0) is 0 Å². The van der Waals surface area contributed by atoms with Crippen LogP contribution in [0.15, 0.2) is 54.6 Å². The van der Waals surface area contributed by atoms with E-state index >= 15 is 0 Å². The summed E-state index contributed by atoms with van der Waals surface area (Å²) in [5.41, 5.74) is 1.43.